The standard InChI is InChI=1S/C17H19N5O3S2/c1-12-15(13(2)25-19-12)27(23,24)22-10-8-21(9-11-22)17-18-16(20-26-17)14-6-4-3-5-7-14/h3-7H,8-11H2,1-2H3. The van der Waals surface area contributed by atoms with Crippen LogP contribution in [-0.4, -0.2) is 53.4 Å². The average Bonchev–Trinajstić information content (AvgIpc) is 3.30. The average molecular weight is 406 g/mol. The molecule has 1 saturated heterocycles. The van der Waals surface area contributed by atoms with E-state index in [9.17, 15) is 8.42 Å². The Morgan fingerprint density at radius 1 is 1.07 bits per heavy atom. The molecular weight excluding hydrogens is 386 g/mol. The monoisotopic (exact) mass is 405 g/mol. The summed E-state index contributed by atoms with van der Waals surface area (Å²) in [5.74, 6) is 1.02. The van der Waals surface area contributed by atoms with Gasteiger partial charge in [0.1, 0.15) is 10.6 Å². The quantitative estimate of drug-likeness (QED) is 0.658. The van der Waals surface area contributed by atoms with E-state index in [-0.39, 0.29) is 4.90 Å². The van der Waals surface area contributed by atoms with Gasteiger partial charge in [-0.05, 0) is 13.8 Å². The van der Waals surface area contributed by atoms with Crippen LogP contribution in [0.25, 0.3) is 11.4 Å². The molecule has 0 aliphatic carbocycles. The van der Waals surface area contributed by atoms with Crippen molar-refractivity contribution >= 4 is 26.7 Å². The zero-order valence-corrected chi connectivity index (χ0v) is 16.6. The minimum atomic E-state index is -3.61. The van der Waals surface area contributed by atoms with Crippen LogP contribution in [0.2, 0.25) is 0 Å². The highest BCUT2D eigenvalue weighted by molar-refractivity contribution is 7.89. The molecule has 0 saturated carbocycles. The Labute approximate surface area is 161 Å². The van der Waals surface area contributed by atoms with Crippen molar-refractivity contribution in [1.82, 2.24) is 18.8 Å². The van der Waals surface area contributed by atoms with E-state index < -0.39 is 10.0 Å². The van der Waals surface area contributed by atoms with Crippen molar-refractivity contribution in [3.05, 3.63) is 41.8 Å². The molecule has 8 nitrogen and oxygen atoms in total. The lowest BCUT2D eigenvalue weighted by molar-refractivity contribution is 0.378. The van der Waals surface area contributed by atoms with Crippen LogP contribution < -0.4 is 4.90 Å². The molecule has 27 heavy (non-hydrogen) atoms. The van der Waals surface area contributed by atoms with Gasteiger partial charge in [-0.3, -0.25) is 0 Å². The number of hydrogen-bond acceptors (Lipinski definition) is 8. The van der Waals surface area contributed by atoms with Crippen molar-refractivity contribution in [3.63, 3.8) is 0 Å². The van der Waals surface area contributed by atoms with Gasteiger partial charge in [0.2, 0.25) is 15.2 Å². The lowest BCUT2D eigenvalue weighted by Gasteiger charge is -2.33. The molecule has 10 heteroatoms. The Morgan fingerprint density at radius 2 is 1.78 bits per heavy atom. The molecule has 3 aromatic rings. The van der Waals surface area contributed by atoms with Gasteiger partial charge in [-0.2, -0.15) is 13.7 Å². The predicted octanol–water partition coefficient (Wildman–Crippen LogP) is 2.32. The molecule has 0 unspecified atom stereocenters. The summed E-state index contributed by atoms with van der Waals surface area (Å²) < 4.78 is 36.7. The third kappa shape index (κ3) is 3.35. The molecule has 142 valence electrons. The van der Waals surface area contributed by atoms with Crippen LogP contribution in [0.3, 0.4) is 0 Å². The fourth-order valence-corrected chi connectivity index (χ4v) is 5.59. The zero-order valence-electron chi connectivity index (χ0n) is 15.0. The second-order valence-electron chi connectivity index (χ2n) is 6.31. The highest BCUT2D eigenvalue weighted by Crippen LogP contribution is 2.27. The van der Waals surface area contributed by atoms with Crippen molar-refractivity contribution in [1.29, 1.82) is 0 Å². The van der Waals surface area contributed by atoms with Crippen molar-refractivity contribution in [2.75, 3.05) is 31.1 Å². The molecule has 1 aliphatic rings. The first-order valence-electron chi connectivity index (χ1n) is 8.54. The molecule has 1 aromatic carbocycles. The Balaban J connectivity index is 1.48. The summed E-state index contributed by atoms with van der Waals surface area (Å²) in [5, 5.41) is 4.57. The lowest BCUT2D eigenvalue weighted by atomic mass is 10.2. The summed E-state index contributed by atoms with van der Waals surface area (Å²) in [6, 6.07) is 9.80. The molecule has 0 N–H and O–H groups in total. The molecule has 0 amide bonds. The first-order valence-corrected chi connectivity index (χ1v) is 10.8. The number of benzene rings is 1. The molecule has 0 atom stereocenters. The second kappa shape index (κ2) is 7.02. The van der Waals surface area contributed by atoms with E-state index in [1.807, 2.05) is 30.3 Å². The molecule has 4 rings (SSSR count). The summed E-state index contributed by atoms with van der Waals surface area (Å²) in [4.78, 5) is 6.86. The van der Waals surface area contributed by atoms with Gasteiger partial charge < -0.3 is 9.42 Å². The highest BCUT2D eigenvalue weighted by atomic mass is 32.2. The van der Waals surface area contributed by atoms with Gasteiger partial charge in [-0.15, -0.1) is 0 Å². The van der Waals surface area contributed by atoms with E-state index in [0.717, 1.165) is 10.7 Å². The highest BCUT2D eigenvalue weighted by Gasteiger charge is 2.33. The van der Waals surface area contributed by atoms with E-state index in [2.05, 4.69) is 19.4 Å². The minimum Gasteiger partial charge on any atom is -0.360 e. The van der Waals surface area contributed by atoms with Crippen LogP contribution in [0.5, 0.6) is 0 Å². The molecule has 1 fully saturated rings. The summed E-state index contributed by atoms with van der Waals surface area (Å²) in [6.45, 7) is 5.15. The number of sulfonamides is 1. The summed E-state index contributed by atoms with van der Waals surface area (Å²) in [7, 11) is -3.61. The van der Waals surface area contributed by atoms with Gasteiger partial charge in [0, 0.05) is 43.3 Å². The fourth-order valence-electron chi connectivity index (χ4n) is 3.14. The number of nitrogens with zero attached hydrogens (tertiary/aromatic N) is 5. The van der Waals surface area contributed by atoms with Gasteiger partial charge in [0.05, 0.1) is 0 Å². The van der Waals surface area contributed by atoms with Crippen LogP contribution in [0.1, 0.15) is 11.5 Å². The Bertz CT molecular complexity index is 1020. The van der Waals surface area contributed by atoms with Gasteiger partial charge in [0.25, 0.3) is 0 Å². The Hall–Kier alpha value is -2.30. The van der Waals surface area contributed by atoms with E-state index in [4.69, 9.17) is 4.52 Å². The van der Waals surface area contributed by atoms with Crippen molar-refractivity contribution in [3.8, 4) is 11.4 Å². The van der Waals surface area contributed by atoms with Crippen LogP contribution in [-0.2, 0) is 10.0 Å². The molecule has 0 spiro atoms. The Kier molecular flexibility index (Phi) is 4.70. The molecule has 1 aliphatic heterocycles. The van der Waals surface area contributed by atoms with Crippen LogP contribution in [0.15, 0.2) is 39.8 Å². The third-order valence-electron chi connectivity index (χ3n) is 4.52. The molecule has 0 bridgehead atoms. The van der Waals surface area contributed by atoms with Crippen LogP contribution >= 0.6 is 11.5 Å². The van der Waals surface area contributed by atoms with Gasteiger partial charge in [-0.25, -0.2) is 8.42 Å². The van der Waals surface area contributed by atoms with Crippen LogP contribution in [0.4, 0.5) is 5.13 Å². The van der Waals surface area contributed by atoms with E-state index in [0.29, 0.717) is 43.5 Å². The number of hydrogen-bond donors (Lipinski definition) is 0. The maximum atomic E-state index is 12.9. The van der Waals surface area contributed by atoms with Gasteiger partial charge in [-0.1, -0.05) is 35.5 Å². The maximum Gasteiger partial charge on any atom is 0.248 e. The van der Waals surface area contributed by atoms with Crippen molar-refractivity contribution in [2.24, 2.45) is 0 Å². The lowest BCUT2D eigenvalue weighted by Crippen LogP contribution is -2.48. The predicted molar refractivity (Wildman–Crippen MR) is 102 cm³/mol. The zero-order chi connectivity index (χ0) is 19.0. The van der Waals surface area contributed by atoms with Crippen LogP contribution in [0, 0.1) is 13.8 Å². The second-order valence-corrected chi connectivity index (χ2v) is 8.92. The van der Waals surface area contributed by atoms with E-state index in [1.165, 1.54) is 15.8 Å². The Morgan fingerprint density at radius 3 is 2.41 bits per heavy atom. The number of rotatable bonds is 4. The van der Waals surface area contributed by atoms with E-state index >= 15 is 0 Å². The number of anilines is 1. The smallest absolute Gasteiger partial charge is 0.248 e. The van der Waals surface area contributed by atoms with Crippen molar-refractivity contribution < 1.29 is 12.9 Å². The van der Waals surface area contributed by atoms with Gasteiger partial charge in [0.15, 0.2) is 11.6 Å². The summed E-state index contributed by atoms with van der Waals surface area (Å²) in [5.41, 5.74) is 1.37. The SMILES string of the molecule is Cc1noc(C)c1S(=O)(=O)N1CCN(c2nc(-c3ccccc3)ns2)CC1. The maximum absolute atomic E-state index is 12.9. The first kappa shape index (κ1) is 18.1. The topological polar surface area (TPSA) is 92.4 Å². The number of aromatic nitrogens is 3. The third-order valence-corrected chi connectivity index (χ3v) is 7.44. The molecular formula is C17H19N5O3S2. The largest absolute Gasteiger partial charge is 0.360 e. The number of piperazine rings is 1. The molecule has 3 heterocycles. The fraction of sp³-hybridized carbons (Fsp3) is 0.353. The van der Waals surface area contributed by atoms with E-state index in [1.54, 1.807) is 13.8 Å². The normalized spacial score (nSPS) is 16.0. The summed E-state index contributed by atoms with van der Waals surface area (Å²) in [6.07, 6.45) is 0. The number of aryl methyl sites for hydroxylation is 2. The first-order chi connectivity index (χ1) is 13.0. The molecule has 0 radical (unpaired) electrons. The molecule has 2 aromatic heterocycles. The van der Waals surface area contributed by atoms with Crippen molar-refractivity contribution in [2.45, 2.75) is 18.7 Å². The minimum absolute atomic E-state index is 0.179. The van der Waals surface area contributed by atoms with Gasteiger partial charge >= 0.3 is 0 Å². The summed E-state index contributed by atoms with van der Waals surface area (Å²) >= 11 is 1.33.